The van der Waals surface area contributed by atoms with Gasteiger partial charge in [-0.15, -0.1) is 0 Å². The Morgan fingerprint density at radius 3 is 2.29 bits per heavy atom. The Kier molecular flexibility index (Phi) is 9.57. The third-order valence-electron chi connectivity index (χ3n) is 5.40. The fraction of sp³-hybridized carbons (Fsp3) is 0.462. The number of methoxy groups -OCH3 is 1. The Labute approximate surface area is 186 Å². The summed E-state index contributed by atoms with van der Waals surface area (Å²) in [5, 5.41) is 2.95. The largest absolute Gasteiger partial charge is 0.497 e. The molecule has 0 spiro atoms. The summed E-state index contributed by atoms with van der Waals surface area (Å²) >= 11 is 0. The number of nitrogens with one attached hydrogen (secondary N) is 1. The molecule has 0 aliphatic heterocycles. The van der Waals surface area contributed by atoms with Crippen LogP contribution >= 0.6 is 0 Å². The Bertz CT molecular complexity index is 846. The smallest absolute Gasteiger partial charge is 0.242 e. The molecule has 1 N–H and O–H groups in total. The van der Waals surface area contributed by atoms with Gasteiger partial charge in [0.25, 0.3) is 0 Å². The van der Waals surface area contributed by atoms with Crippen LogP contribution in [0.25, 0.3) is 0 Å². The van der Waals surface area contributed by atoms with Crippen LogP contribution in [-0.4, -0.2) is 36.4 Å². The first kappa shape index (κ1) is 24.4. The minimum absolute atomic E-state index is 0.0328. The van der Waals surface area contributed by atoms with E-state index in [1.807, 2.05) is 38.1 Å². The van der Waals surface area contributed by atoms with Gasteiger partial charge < -0.3 is 15.0 Å². The zero-order valence-corrected chi connectivity index (χ0v) is 19.5. The van der Waals surface area contributed by atoms with Crippen LogP contribution in [0.2, 0.25) is 0 Å². The monoisotopic (exact) mass is 424 g/mol. The number of benzene rings is 2. The predicted molar refractivity (Wildman–Crippen MR) is 125 cm³/mol. The minimum atomic E-state index is -0.556. The lowest BCUT2D eigenvalue weighted by Gasteiger charge is -2.29. The topological polar surface area (TPSA) is 58.6 Å². The van der Waals surface area contributed by atoms with Gasteiger partial charge in [-0.3, -0.25) is 9.59 Å². The first-order valence-corrected chi connectivity index (χ1v) is 11.1. The maximum atomic E-state index is 13.2. The first-order chi connectivity index (χ1) is 14.8. The molecule has 0 aromatic heterocycles. The summed E-state index contributed by atoms with van der Waals surface area (Å²) in [5.41, 5.74) is 3.34. The van der Waals surface area contributed by atoms with E-state index in [-0.39, 0.29) is 11.8 Å². The van der Waals surface area contributed by atoms with Gasteiger partial charge in [0.15, 0.2) is 0 Å². The lowest BCUT2D eigenvalue weighted by atomic mass is 10.0. The number of aryl methyl sites for hydroxylation is 2. The van der Waals surface area contributed by atoms with Crippen LogP contribution in [0, 0.1) is 5.92 Å². The molecule has 0 bridgehead atoms. The predicted octanol–water partition coefficient (Wildman–Crippen LogP) is 4.38. The van der Waals surface area contributed by atoms with Crippen LogP contribution in [0.15, 0.2) is 48.5 Å². The molecule has 2 aromatic carbocycles. The average Bonchev–Trinajstić information content (AvgIpc) is 2.79. The van der Waals surface area contributed by atoms with E-state index < -0.39 is 6.04 Å². The van der Waals surface area contributed by atoms with Gasteiger partial charge in [-0.1, -0.05) is 57.2 Å². The van der Waals surface area contributed by atoms with Crippen molar-refractivity contribution >= 4 is 11.8 Å². The van der Waals surface area contributed by atoms with E-state index in [2.05, 4.69) is 36.5 Å². The molecule has 2 amide bonds. The first-order valence-electron chi connectivity index (χ1n) is 11.1. The van der Waals surface area contributed by atoms with Gasteiger partial charge in [0.05, 0.1) is 7.11 Å². The molecule has 5 heteroatoms. The van der Waals surface area contributed by atoms with Gasteiger partial charge in [0, 0.05) is 19.5 Å². The van der Waals surface area contributed by atoms with E-state index in [1.54, 1.807) is 18.9 Å². The Morgan fingerprint density at radius 1 is 1.00 bits per heavy atom. The highest BCUT2D eigenvalue weighted by Gasteiger charge is 2.26. The van der Waals surface area contributed by atoms with Crippen molar-refractivity contribution in [1.82, 2.24) is 10.2 Å². The van der Waals surface area contributed by atoms with Crippen LogP contribution in [0.5, 0.6) is 5.75 Å². The molecule has 0 saturated heterocycles. The fourth-order valence-electron chi connectivity index (χ4n) is 3.34. The number of rotatable bonds is 11. The molecule has 0 heterocycles. The molecular weight excluding hydrogens is 388 g/mol. The second-order valence-electron chi connectivity index (χ2n) is 8.36. The van der Waals surface area contributed by atoms with E-state index >= 15 is 0 Å². The summed E-state index contributed by atoms with van der Waals surface area (Å²) in [6.07, 6.45) is 2.01. The highest BCUT2D eigenvalue weighted by molar-refractivity contribution is 5.87. The molecule has 2 aromatic rings. The number of carbonyl (C=O) groups excluding carboxylic acids is 2. The van der Waals surface area contributed by atoms with Crippen molar-refractivity contribution < 1.29 is 14.3 Å². The summed E-state index contributed by atoms with van der Waals surface area (Å²) in [6.45, 7) is 8.97. The van der Waals surface area contributed by atoms with Crippen molar-refractivity contribution in [1.29, 1.82) is 0 Å². The van der Waals surface area contributed by atoms with Gasteiger partial charge >= 0.3 is 0 Å². The number of hydrogen-bond acceptors (Lipinski definition) is 3. The van der Waals surface area contributed by atoms with Gasteiger partial charge in [-0.05, 0) is 54.5 Å². The summed E-state index contributed by atoms with van der Waals surface area (Å²) < 4.78 is 5.31. The van der Waals surface area contributed by atoms with Crippen LogP contribution in [0.3, 0.4) is 0 Å². The molecule has 0 aliphatic carbocycles. The number of nitrogens with zero attached hydrogens (tertiary/aromatic N) is 1. The standard InChI is InChI=1S/C26H36N2O3/c1-6-21-10-12-22(13-11-21)14-15-25(29)28(20(4)26(30)27-17-19(2)3)18-23-8-7-9-24(16-23)31-5/h7-13,16,19-20H,6,14-15,17-18H2,1-5H3,(H,27,30). The number of carbonyl (C=O) groups is 2. The minimum Gasteiger partial charge on any atom is -0.497 e. The number of hydrogen-bond donors (Lipinski definition) is 1. The Morgan fingerprint density at radius 2 is 1.68 bits per heavy atom. The normalized spacial score (nSPS) is 11.8. The summed E-state index contributed by atoms with van der Waals surface area (Å²) in [5.74, 6) is 0.925. The van der Waals surface area contributed by atoms with Gasteiger partial charge in [-0.2, -0.15) is 0 Å². The third kappa shape index (κ3) is 7.74. The Hall–Kier alpha value is -2.82. The molecule has 0 aliphatic rings. The maximum Gasteiger partial charge on any atom is 0.242 e. The molecule has 1 atom stereocenters. The van der Waals surface area contributed by atoms with E-state index in [1.165, 1.54) is 5.56 Å². The second kappa shape index (κ2) is 12.1. The number of amides is 2. The zero-order valence-electron chi connectivity index (χ0n) is 19.5. The molecule has 31 heavy (non-hydrogen) atoms. The number of ether oxygens (including phenoxy) is 1. The van der Waals surface area contributed by atoms with Crippen molar-refractivity contribution in [2.24, 2.45) is 5.92 Å². The van der Waals surface area contributed by atoms with Gasteiger partial charge in [0.1, 0.15) is 11.8 Å². The van der Waals surface area contributed by atoms with Gasteiger partial charge in [0.2, 0.25) is 11.8 Å². The fourth-order valence-corrected chi connectivity index (χ4v) is 3.34. The molecule has 0 fully saturated rings. The zero-order chi connectivity index (χ0) is 22.8. The molecule has 0 radical (unpaired) electrons. The lowest BCUT2D eigenvalue weighted by Crippen LogP contribution is -2.48. The maximum absolute atomic E-state index is 13.2. The molecular formula is C26H36N2O3. The van der Waals surface area contributed by atoms with Crippen LogP contribution < -0.4 is 10.1 Å². The quantitative estimate of drug-likeness (QED) is 0.582. The van der Waals surface area contributed by atoms with Crippen molar-refractivity contribution in [3.05, 3.63) is 65.2 Å². The van der Waals surface area contributed by atoms with E-state index in [4.69, 9.17) is 4.74 Å². The van der Waals surface area contributed by atoms with Crippen LogP contribution in [0.1, 0.15) is 50.8 Å². The van der Waals surface area contributed by atoms with E-state index in [0.29, 0.717) is 31.8 Å². The van der Waals surface area contributed by atoms with Gasteiger partial charge in [-0.25, -0.2) is 0 Å². The SMILES string of the molecule is CCc1ccc(CCC(=O)N(Cc2cccc(OC)c2)C(C)C(=O)NCC(C)C)cc1. The second-order valence-corrected chi connectivity index (χ2v) is 8.36. The summed E-state index contributed by atoms with van der Waals surface area (Å²) in [4.78, 5) is 27.6. The molecule has 168 valence electrons. The summed E-state index contributed by atoms with van der Waals surface area (Å²) in [7, 11) is 1.62. The highest BCUT2D eigenvalue weighted by Crippen LogP contribution is 2.17. The van der Waals surface area contributed by atoms with E-state index in [0.717, 1.165) is 23.3 Å². The average molecular weight is 425 g/mol. The Balaban J connectivity index is 2.13. The molecule has 0 saturated carbocycles. The van der Waals surface area contributed by atoms with Crippen LogP contribution in [-0.2, 0) is 29.0 Å². The summed E-state index contributed by atoms with van der Waals surface area (Å²) in [6, 6.07) is 15.4. The molecule has 1 unspecified atom stereocenters. The molecule has 5 nitrogen and oxygen atoms in total. The van der Waals surface area contributed by atoms with Crippen molar-refractivity contribution in [3.8, 4) is 5.75 Å². The van der Waals surface area contributed by atoms with Crippen molar-refractivity contribution in [2.75, 3.05) is 13.7 Å². The van der Waals surface area contributed by atoms with Crippen molar-refractivity contribution in [3.63, 3.8) is 0 Å². The third-order valence-corrected chi connectivity index (χ3v) is 5.40. The van der Waals surface area contributed by atoms with E-state index in [9.17, 15) is 9.59 Å². The van der Waals surface area contributed by atoms with Crippen LogP contribution in [0.4, 0.5) is 0 Å². The highest BCUT2D eigenvalue weighted by atomic mass is 16.5. The van der Waals surface area contributed by atoms with Crippen molar-refractivity contribution in [2.45, 2.75) is 59.5 Å². The lowest BCUT2D eigenvalue weighted by molar-refractivity contribution is -0.140. The molecule has 2 rings (SSSR count).